The van der Waals surface area contributed by atoms with Gasteiger partial charge in [0.2, 0.25) is 0 Å². The minimum absolute atomic E-state index is 0.109. The monoisotopic (exact) mass is 304 g/mol. The van der Waals surface area contributed by atoms with Crippen molar-refractivity contribution in [2.75, 3.05) is 18.6 Å². The number of nitrogens with zero attached hydrogens (tertiary/aromatic N) is 1. The maximum atomic E-state index is 9.99. The molecule has 1 aromatic carbocycles. The van der Waals surface area contributed by atoms with Crippen molar-refractivity contribution in [3.8, 4) is 5.75 Å². The number of rotatable bonds is 3. The van der Waals surface area contributed by atoms with E-state index in [1.54, 1.807) is 13.2 Å². The minimum atomic E-state index is 0.109. The van der Waals surface area contributed by atoms with Crippen LogP contribution in [0.3, 0.4) is 0 Å². The first-order valence-electron chi connectivity index (χ1n) is 8.35. The van der Waals surface area contributed by atoms with Crippen LogP contribution in [0.4, 0.5) is 5.69 Å². The molecule has 1 aliphatic carbocycles. The molecule has 1 heterocycles. The van der Waals surface area contributed by atoms with Crippen molar-refractivity contribution in [2.45, 2.75) is 63.8 Å². The number of methoxy groups -OCH3 is 1. The highest BCUT2D eigenvalue weighted by molar-refractivity contribution is 5.54. The number of phenols is 1. The average Bonchev–Trinajstić information content (AvgIpc) is 2.48. The van der Waals surface area contributed by atoms with Gasteiger partial charge in [0, 0.05) is 42.5 Å². The lowest BCUT2D eigenvalue weighted by Gasteiger charge is -2.52. The quantitative estimate of drug-likeness (QED) is 0.901. The highest BCUT2D eigenvalue weighted by Gasteiger charge is 2.40. The SMILES string of the molecule is COCc1cc(N2CC(C)(C)N[C@@H]3CCCC[C@H]32)ccc1O. The first kappa shape index (κ1) is 15.6. The molecule has 0 spiro atoms. The second-order valence-electron chi connectivity index (χ2n) is 7.36. The molecule has 2 N–H and O–H groups in total. The number of anilines is 1. The molecule has 0 bridgehead atoms. The Morgan fingerprint density at radius 1 is 1.32 bits per heavy atom. The molecule has 4 nitrogen and oxygen atoms in total. The fraction of sp³-hybridized carbons (Fsp3) is 0.667. The number of phenolic OH excluding ortho intramolecular Hbond substituents is 1. The predicted molar refractivity (Wildman–Crippen MR) is 89.4 cm³/mol. The van der Waals surface area contributed by atoms with Crippen LogP contribution < -0.4 is 10.2 Å². The summed E-state index contributed by atoms with van der Waals surface area (Å²) in [5, 5.41) is 13.8. The summed E-state index contributed by atoms with van der Waals surface area (Å²) in [6, 6.07) is 7.06. The zero-order chi connectivity index (χ0) is 15.7. The van der Waals surface area contributed by atoms with Gasteiger partial charge in [-0.15, -0.1) is 0 Å². The second kappa shape index (κ2) is 6.09. The van der Waals surface area contributed by atoms with Gasteiger partial charge in [0.25, 0.3) is 0 Å². The van der Waals surface area contributed by atoms with Crippen LogP contribution in [0.25, 0.3) is 0 Å². The lowest BCUT2D eigenvalue weighted by molar-refractivity contribution is 0.181. The summed E-state index contributed by atoms with van der Waals surface area (Å²) >= 11 is 0. The molecule has 0 aromatic heterocycles. The van der Waals surface area contributed by atoms with E-state index in [9.17, 15) is 5.11 Å². The van der Waals surface area contributed by atoms with Crippen LogP contribution in [-0.2, 0) is 11.3 Å². The third-order valence-corrected chi connectivity index (χ3v) is 4.97. The number of aromatic hydroxyl groups is 1. The molecular weight excluding hydrogens is 276 g/mol. The Labute approximate surface area is 133 Å². The van der Waals surface area contributed by atoms with Gasteiger partial charge in [-0.1, -0.05) is 12.8 Å². The van der Waals surface area contributed by atoms with Crippen LogP contribution in [0.2, 0.25) is 0 Å². The lowest BCUT2D eigenvalue weighted by atomic mass is 9.83. The molecule has 1 saturated carbocycles. The van der Waals surface area contributed by atoms with Crippen molar-refractivity contribution in [3.05, 3.63) is 23.8 Å². The summed E-state index contributed by atoms with van der Waals surface area (Å²) in [4.78, 5) is 2.54. The van der Waals surface area contributed by atoms with Gasteiger partial charge in [-0.3, -0.25) is 0 Å². The summed E-state index contributed by atoms with van der Waals surface area (Å²) in [6.07, 6.45) is 5.13. The zero-order valence-corrected chi connectivity index (χ0v) is 13.9. The molecule has 0 radical (unpaired) electrons. The van der Waals surface area contributed by atoms with E-state index in [1.807, 2.05) is 6.07 Å². The molecule has 0 unspecified atom stereocenters. The highest BCUT2D eigenvalue weighted by Crippen LogP contribution is 2.35. The second-order valence-corrected chi connectivity index (χ2v) is 7.36. The topological polar surface area (TPSA) is 44.7 Å². The summed E-state index contributed by atoms with van der Waals surface area (Å²) in [5.74, 6) is 0.320. The fourth-order valence-electron chi connectivity index (χ4n) is 4.05. The van der Waals surface area contributed by atoms with Crippen molar-refractivity contribution in [1.82, 2.24) is 5.32 Å². The van der Waals surface area contributed by atoms with Crippen LogP contribution >= 0.6 is 0 Å². The van der Waals surface area contributed by atoms with E-state index in [0.717, 1.165) is 12.1 Å². The van der Waals surface area contributed by atoms with Gasteiger partial charge in [-0.2, -0.15) is 0 Å². The third-order valence-electron chi connectivity index (χ3n) is 4.97. The summed E-state index contributed by atoms with van der Waals surface area (Å²) in [6.45, 7) is 6.00. The van der Waals surface area contributed by atoms with E-state index in [-0.39, 0.29) is 5.54 Å². The fourth-order valence-corrected chi connectivity index (χ4v) is 4.05. The van der Waals surface area contributed by atoms with Gasteiger partial charge in [-0.25, -0.2) is 0 Å². The molecule has 1 saturated heterocycles. The summed E-state index contributed by atoms with van der Waals surface area (Å²) in [5.41, 5.74) is 2.18. The molecule has 2 atom stereocenters. The maximum absolute atomic E-state index is 9.99. The maximum Gasteiger partial charge on any atom is 0.121 e. The zero-order valence-electron chi connectivity index (χ0n) is 13.9. The van der Waals surface area contributed by atoms with E-state index in [2.05, 4.69) is 30.1 Å². The van der Waals surface area contributed by atoms with Crippen LogP contribution in [0.15, 0.2) is 18.2 Å². The van der Waals surface area contributed by atoms with E-state index in [4.69, 9.17) is 4.74 Å². The number of ether oxygens (including phenoxy) is 1. The molecule has 2 fully saturated rings. The number of fused-ring (bicyclic) bond motifs is 1. The smallest absolute Gasteiger partial charge is 0.121 e. The summed E-state index contributed by atoms with van der Waals surface area (Å²) < 4.78 is 5.21. The van der Waals surface area contributed by atoms with Crippen molar-refractivity contribution in [3.63, 3.8) is 0 Å². The third kappa shape index (κ3) is 3.08. The van der Waals surface area contributed by atoms with Gasteiger partial charge >= 0.3 is 0 Å². The Hall–Kier alpha value is -1.26. The molecule has 1 aliphatic heterocycles. The number of piperazine rings is 1. The van der Waals surface area contributed by atoms with E-state index >= 15 is 0 Å². The Bertz CT molecular complexity index is 530. The van der Waals surface area contributed by atoms with Crippen LogP contribution in [0.1, 0.15) is 45.1 Å². The van der Waals surface area contributed by atoms with Crippen LogP contribution in [0, 0.1) is 0 Å². The van der Waals surface area contributed by atoms with Gasteiger partial charge in [0.1, 0.15) is 5.75 Å². The van der Waals surface area contributed by atoms with Gasteiger partial charge in [0.05, 0.1) is 6.61 Å². The van der Waals surface area contributed by atoms with E-state index < -0.39 is 0 Å². The summed E-state index contributed by atoms with van der Waals surface area (Å²) in [7, 11) is 1.66. The molecule has 0 amide bonds. The van der Waals surface area contributed by atoms with E-state index in [1.165, 1.54) is 31.4 Å². The largest absolute Gasteiger partial charge is 0.508 e. The first-order valence-corrected chi connectivity index (χ1v) is 8.35. The lowest BCUT2D eigenvalue weighted by Crippen LogP contribution is -2.67. The Balaban J connectivity index is 1.92. The van der Waals surface area contributed by atoms with Gasteiger partial charge in [-0.05, 0) is 44.9 Å². The Morgan fingerprint density at radius 2 is 2.09 bits per heavy atom. The van der Waals surface area contributed by atoms with Crippen LogP contribution in [-0.4, -0.2) is 36.4 Å². The number of hydrogen-bond donors (Lipinski definition) is 2. The first-order chi connectivity index (χ1) is 10.5. The number of benzene rings is 1. The average molecular weight is 304 g/mol. The Kier molecular flexibility index (Phi) is 4.33. The predicted octanol–water partition coefficient (Wildman–Crippen LogP) is 3.04. The standard InChI is InChI=1S/C18H28N2O2/c1-18(2)12-20(16-7-5-4-6-15(16)19-18)14-8-9-17(21)13(10-14)11-22-3/h8-10,15-16,19,21H,4-7,11-12H2,1-3H3/t15-,16-/m1/s1. The number of nitrogens with one attached hydrogen (secondary N) is 1. The number of hydrogen-bond acceptors (Lipinski definition) is 4. The molecule has 2 aliphatic rings. The normalized spacial score (nSPS) is 27.5. The van der Waals surface area contributed by atoms with Crippen molar-refractivity contribution >= 4 is 5.69 Å². The van der Waals surface area contributed by atoms with Crippen molar-refractivity contribution < 1.29 is 9.84 Å². The molecule has 22 heavy (non-hydrogen) atoms. The Morgan fingerprint density at radius 3 is 2.86 bits per heavy atom. The molecule has 3 rings (SSSR count). The van der Waals surface area contributed by atoms with Crippen molar-refractivity contribution in [2.24, 2.45) is 0 Å². The molecule has 4 heteroatoms. The highest BCUT2D eigenvalue weighted by atomic mass is 16.5. The van der Waals surface area contributed by atoms with E-state index in [0.29, 0.717) is 24.4 Å². The van der Waals surface area contributed by atoms with Gasteiger partial charge < -0.3 is 20.1 Å². The molecule has 122 valence electrons. The minimum Gasteiger partial charge on any atom is -0.508 e. The van der Waals surface area contributed by atoms with Crippen molar-refractivity contribution in [1.29, 1.82) is 0 Å². The molecule has 1 aromatic rings. The van der Waals surface area contributed by atoms with Crippen LogP contribution in [0.5, 0.6) is 5.75 Å². The molecular formula is C18H28N2O2. The van der Waals surface area contributed by atoms with Gasteiger partial charge in [0.15, 0.2) is 0 Å².